The third kappa shape index (κ3) is 5.24. The lowest BCUT2D eigenvalue weighted by Crippen LogP contribution is -2.44. The van der Waals surface area contributed by atoms with E-state index in [1.54, 1.807) is 36.9 Å². The Hall–Kier alpha value is -2.21. The van der Waals surface area contributed by atoms with E-state index in [0.29, 0.717) is 30.8 Å². The fraction of sp³-hybridized carbons (Fsp3) is 0.316. The minimum Gasteiger partial charge on any atom is -0.443 e. The molecule has 0 saturated carbocycles. The molecule has 1 fully saturated rings. The molecule has 0 radical (unpaired) electrons. The molecule has 1 unspecified atom stereocenters. The van der Waals surface area contributed by atoms with Crippen molar-refractivity contribution < 1.29 is 8.81 Å². The van der Waals surface area contributed by atoms with Crippen LogP contribution in [0.25, 0.3) is 10.8 Å². The van der Waals surface area contributed by atoms with E-state index in [9.17, 15) is 4.39 Å². The number of nitrogens with one attached hydrogen (secondary N) is 2. The van der Waals surface area contributed by atoms with Gasteiger partial charge in [0.25, 0.3) is 0 Å². The second kappa shape index (κ2) is 10.0. The summed E-state index contributed by atoms with van der Waals surface area (Å²) in [5.41, 5.74) is 0.801. The van der Waals surface area contributed by atoms with Crippen LogP contribution < -0.4 is 15.5 Å². The number of aliphatic imine (C=N–C) groups is 1. The van der Waals surface area contributed by atoms with Gasteiger partial charge in [-0.15, -0.1) is 35.3 Å². The summed E-state index contributed by atoms with van der Waals surface area (Å²) < 4.78 is 19.5. The van der Waals surface area contributed by atoms with E-state index in [0.717, 1.165) is 23.5 Å². The predicted molar refractivity (Wildman–Crippen MR) is 123 cm³/mol. The number of aromatic nitrogens is 2. The Morgan fingerprint density at radius 2 is 2.31 bits per heavy atom. The molecule has 1 atom stereocenters. The van der Waals surface area contributed by atoms with Crippen LogP contribution in [0.5, 0.6) is 0 Å². The number of anilines is 1. The Labute approximate surface area is 189 Å². The second-order valence-corrected chi connectivity index (χ2v) is 7.38. The van der Waals surface area contributed by atoms with Crippen molar-refractivity contribution in [3.63, 3.8) is 0 Å². The Kier molecular flexibility index (Phi) is 7.42. The molecular weight excluding hydrogens is 506 g/mol. The smallest absolute Gasteiger partial charge is 0.236 e. The van der Waals surface area contributed by atoms with Crippen molar-refractivity contribution in [2.45, 2.75) is 19.0 Å². The minimum atomic E-state index is -0.293. The quantitative estimate of drug-likeness (QED) is 0.300. The van der Waals surface area contributed by atoms with Crippen molar-refractivity contribution in [3.8, 4) is 10.8 Å². The van der Waals surface area contributed by atoms with E-state index >= 15 is 0 Å². The fourth-order valence-electron chi connectivity index (χ4n) is 3.14. The van der Waals surface area contributed by atoms with Crippen LogP contribution in [0.3, 0.4) is 0 Å². The maximum atomic E-state index is 13.9. The highest BCUT2D eigenvalue weighted by Gasteiger charge is 2.26. The first kappa shape index (κ1) is 21.5. The fourth-order valence-corrected chi connectivity index (χ4v) is 3.80. The monoisotopic (exact) mass is 528 g/mol. The number of guanidine groups is 1. The number of nitrogens with zero attached hydrogens (tertiary/aromatic N) is 4. The van der Waals surface area contributed by atoms with Crippen molar-refractivity contribution in [3.05, 3.63) is 53.6 Å². The van der Waals surface area contributed by atoms with E-state index in [1.165, 1.54) is 6.07 Å². The zero-order valence-corrected chi connectivity index (χ0v) is 19.0. The molecule has 0 spiro atoms. The molecule has 4 heterocycles. The number of halogens is 2. The van der Waals surface area contributed by atoms with Crippen LogP contribution in [0.1, 0.15) is 12.1 Å². The molecule has 4 rings (SSSR count). The Bertz CT molecular complexity index is 948. The largest absolute Gasteiger partial charge is 0.443 e. The lowest BCUT2D eigenvalue weighted by Gasteiger charge is -2.19. The molecule has 10 heteroatoms. The summed E-state index contributed by atoms with van der Waals surface area (Å²) in [6.07, 6.45) is 4.14. The van der Waals surface area contributed by atoms with Gasteiger partial charge in [-0.25, -0.2) is 14.4 Å². The number of thiophene rings is 1. The van der Waals surface area contributed by atoms with E-state index in [2.05, 4.69) is 25.6 Å². The van der Waals surface area contributed by atoms with Crippen LogP contribution >= 0.6 is 35.3 Å². The van der Waals surface area contributed by atoms with Gasteiger partial charge in [-0.2, -0.15) is 0 Å². The summed E-state index contributed by atoms with van der Waals surface area (Å²) in [5.74, 6) is 1.41. The summed E-state index contributed by atoms with van der Waals surface area (Å²) in [6, 6.07) is 7.14. The van der Waals surface area contributed by atoms with Gasteiger partial charge in [-0.1, -0.05) is 6.07 Å². The molecule has 3 aromatic heterocycles. The number of pyridine rings is 1. The maximum Gasteiger partial charge on any atom is 0.236 e. The Morgan fingerprint density at radius 1 is 1.41 bits per heavy atom. The van der Waals surface area contributed by atoms with Crippen molar-refractivity contribution in [1.82, 2.24) is 20.6 Å². The van der Waals surface area contributed by atoms with Crippen molar-refractivity contribution in [1.29, 1.82) is 0 Å². The topological polar surface area (TPSA) is 78.6 Å². The molecular formula is C19H22FIN6OS. The molecule has 7 nitrogen and oxygen atoms in total. The van der Waals surface area contributed by atoms with Gasteiger partial charge in [0.05, 0.1) is 17.1 Å². The standard InChI is InChI=1S/C19H21FN6OS.HI/c1-21-19(23-10-14-12-27-18(24-14)16-5-3-9-28-16)25-13-6-8-26(11-13)17-15(20)4-2-7-22-17;/h2-5,7,9,12-13H,6,8,10-11H2,1H3,(H2,21,23,25);1H. The van der Waals surface area contributed by atoms with Crippen LogP contribution in [-0.2, 0) is 6.54 Å². The van der Waals surface area contributed by atoms with Crippen LogP contribution in [-0.4, -0.2) is 42.1 Å². The predicted octanol–water partition coefficient (Wildman–Crippen LogP) is 3.50. The highest BCUT2D eigenvalue weighted by Crippen LogP contribution is 2.23. The third-order valence-electron chi connectivity index (χ3n) is 4.51. The van der Waals surface area contributed by atoms with E-state index in [1.807, 2.05) is 22.4 Å². The van der Waals surface area contributed by atoms with E-state index in [-0.39, 0.29) is 35.8 Å². The van der Waals surface area contributed by atoms with Crippen molar-refractivity contribution in [2.24, 2.45) is 4.99 Å². The Balaban J connectivity index is 0.00000240. The van der Waals surface area contributed by atoms with Crippen LogP contribution in [0, 0.1) is 5.82 Å². The zero-order chi connectivity index (χ0) is 19.3. The molecule has 0 aromatic carbocycles. The van der Waals surface area contributed by atoms with Gasteiger partial charge in [0.1, 0.15) is 6.26 Å². The molecule has 1 aliphatic rings. The maximum absolute atomic E-state index is 13.9. The lowest BCUT2D eigenvalue weighted by molar-refractivity contribution is 0.573. The summed E-state index contributed by atoms with van der Waals surface area (Å²) in [7, 11) is 1.72. The average molecular weight is 528 g/mol. The SMILES string of the molecule is CN=C(NCc1coc(-c2cccs2)n1)NC1CCN(c2ncccc2F)C1.I. The van der Waals surface area contributed by atoms with Crippen LogP contribution in [0.2, 0.25) is 0 Å². The van der Waals surface area contributed by atoms with Crippen molar-refractivity contribution in [2.75, 3.05) is 25.0 Å². The lowest BCUT2D eigenvalue weighted by atomic mass is 10.3. The van der Waals surface area contributed by atoms with Gasteiger partial charge >= 0.3 is 0 Å². The number of hydrogen-bond donors (Lipinski definition) is 2. The summed E-state index contributed by atoms with van der Waals surface area (Å²) in [6.45, 7) is 1.91. The number of oxazole rings is 1. The molecule has 0 amide bonds. The Morgan fingerprint density at radius 3 is 3.07 bits per heavy atom. The second-order valence-electron chi connectivity index (χ2n) is 6.43. The van der Waals surface area contributed by atoms with Crippen LogP contribution in [0.4, 0.5) is 10.2 Å². The molecule has 2 N–H and O–H groups in total. The van der Waals surface area contributed by atoms with Crippen molar-refractivity contribution >= 4 is 47.1 Å². The molecule has 0 aliphatic carbocycles. The third-order valence-corrected chi connectivity index (χ3v) is 5.37. The summed E-state index contributed by atoms with van der Waals surface area (Å²) in [4.78, 5) is 15.9. The van der Waals surface area contributed by atoms with Gasteiger partial charge in [0.15, 0.2) is 17.6 Å². The van der Waals surface area contributed by atoms with Gasteiger partial charge in [0, 0.05) is 32.4 Å². The van der Waals surface area contributed by atoms with E-state index < -0.39 is 0 Å². The van der Waals surface area contributed by atoms with Gasteiger partial charge < -0.3 is 20.0 Å². The van der Waals surface area contributed by atoms with Gasteiger partial charge in [-0.3, -0.25) is 4.99 Å². The molecule has 3 aromatic rings. The van der Waals surface area contributed by atoms with E-state index in [4.69, 9.17) is 4.42 Å². The zero-order valence-electron chi connectivity index (χ0n) is 15.8. The minimum absolute atomic E-state index is 0. The normalized spacial score (nSPS) is 16.6. The molecule has 1 aliphatic heterocycles. The highest BCUT2D eigenvalue weighted by molar-refractivity contribution is 14.0. The number of hydrogen-bond acceptors (Lipinski definition) is 6. The van der Waals surface area contributed by atoms with Gasteiger partial charge in [-0.05, 0) is 30.0 Å². The molecule has 0 bridgehead atoms. The first-order chi connectivity index (χ1) is 13.7. The molecule has 29 heavy (non-hydrogen) atoms. The average Bonchev–Trinajstić information content (AvgIpc) is 3.46. The van der Waals surface area contributed by atoms with Gasteiger partial charge in [0.2, 0.25) is 5.89 Å². The summed E-state index contributed by atoms with van der Waals surface area (Å²) in [5, 5.41) is 8.62. The summed E-state index contributed by atoms with van der Waals surface area (Å²) >= 11 is 1.59. The molecule has 154 valence electrons. The molecule has 1 saturated heterocycles. The first-order valence-corrected chi connectivity index (χ1v) is 9.92. The highest BCUT2D eigenvalue weighted by atomic mass is 127. The first-order valence-electron chi connectivity index (χ1n) is 9.04. The number of rotatable bonds is 5. The van der Waals surface area contributed by atoms with Crippen LogP contribution in [0.15, 0.2) is 51.5 Å².